The fraction of sp³-hybridized carbons (Fsp3) is 0.875. The molecule has 0 spiro atoms. The van der Waals surface area contributed by atoms with Crippen molar-refractivity contribution in [2.24, 2.45) is 5.92 Å². The second-order valence-electron chi connectivity index (χ2n) is 7.23. The van der Waals surface area contributed by atoms with Crippen LogP contribution in [0.3, 0.4) is 0 Å². The molecule has 7 heteroatoms. The molecule has 0 aromatic carbocycles. The van der Waals surface area contributed by atoms with Gasteiger partial charge in [0.2, 0.25) is 0 Å². The molecule has 3 rings (SSSR count). The molecule has 0 unspecified atom stereocenters. The molecule has 0 bridgehead atoms. The summed E-state index contributed by atoms with van der Waals surface area (Å²) >= 11 is 0. The van der Waals surface area contributed by atoms with Gasteiger partial charge >= 0.3 is 12.0 Å². The molecule has 1 aliphatic carbocycles. The van der Waals surface area contributed by atoms with Crippen molar-refractivity contribution < 1.29 is 14.7 Å². The van der Waals surface area contributed by atoms with E-state index < -0.39 is 5.97 Å². The van der Waals surface area contributed by atoms with Gasteiger partial charge in [0.15, 0.2) is 0 Å². The molecule has 130 valence electrons. The van der Waals surface area contributed by atoms with E-state index in [2.05, 4.69) is 17.3 Å². The molecule has 1 saturated carbocycles. The number of hydrogen-bond donors (Lipinski definition) is 2. The zero-order chi connectivity index (χ0) is 16.6. The zero-order valence-electron chi connectivity index (χ0n) is 14.1. The van der Waals surface area contributed by atoms with Gasteiger partial charge in [0.05, 0.1) is 6.54 Å². The minimum absolute atomic E-state index is 0.0533. The molecule has 23 heavy (non-hydrogen) atoms. The third-order valence-electron chi connectivity index (χ3n) is 5.81. The standard InChI is InChI=1S/C16H28N4O3/c1-3-19(10-15(21)22)13-6-12(7-13)17-16(23)20-8-11-4-5-18(2)14(11)9-20/h11-14H,3-10H2,1-2H3,(H,17,23)(H,21,22)/t11-,12?,13?,14+/m0/s1. The van der Waals surface area contributed by atoms with Gasteiger partial charge in [-0.25, -0.2) is 4.79 Å². The van der Waals surface area contributed by atoms with E-state index in [0.717, 1.165) is 39.0 Å². The molecule has 0 aromatic heterocycles. The molecular formula is C16H28N4O3. The monoisotopic (exact) mass is 324 g/mol. The van der Waals surface area contributed by atoms with Crippen molar-refractivity contribution in [1.29, 1.82) is 0 Å². The van der Waals surface area contributed by atoms with Crippen molar-refractivity contribution in [1.82, 2.24) is 20.0 Å². The van der Waals surface area contributed by atoms with Crippen LogP contribution in [0.2, 0.25) is 0 Å². The molecule has 3 aliphatic rings. The molecule has 2 heterocycles. The summed E-state index contributed by atoms with van der Waals surface area (Å²) in [6.07, 6.45) is 2.90. The molecule has 3 fully saturated rings. The fourth-order valence-electron chi connectivity index (χ4n) is 4.28. The summed E-state index contributed by atoms with van der Waals surface area (Å²) in [5.74, 6) is -0.155. The minimum Gasteiger partial charge on any atom is -0.480 e. The number of likely N-dealkylation sites (N-methyl/N-ethyl adjacent to an activating group) is 2. The second kappa shape index (κ2) is 6.65. The lowest BCUT2D eigenvalue weighted by Gasteiger charge is -2.42. The van der Waals surface area contributed by atoms with Crippen molar-refractivity contribution in [2.45, 2.75) is 44.3 Å². The van der Waals surface area contributed by atoms with Crippen LogP contribution in [-0.4, -0.2) is 89.7 Å². The second-order valence-corrected chi connectivity index (χ2v) is 7.23. The maximum absolute atomic E-state index is 12.4. The van der Waals surface area contributed by atoms with E-state index >= 15 is 0 Å². The summed E-state index contributed by atoms with van der Waals surface area (Å²) in [5.41, 5.74) is 0. The third-order valence-corrected chi connectivity index (χ3v) is 5.81. The van der Waals surface area contributed by atoms with E-state index in [0.29, 0.717) is 12.0 Å². The average molecular weight is 324 g/mol. The van der Waals surface area contributed by atoms with Gasteiger partial charge in [-0.2, -0.15) is 0 Å². The van der Waals surface area contributed by atoms with E-state index in [1.807, 2.05) is 16.7 Å². The number of amides is 2. The molecule has 2 saturated heterocycles. The lowest BCUT2D eigenvalue weighted by Crippen LogP contribution is -2.56. The number of hydrogen-bond acceptors (Lipinski definition) is 4. The normalized spacial score (nSPS) is 33.6. The number of fused-ring (bicyclic) bond motifs is 1. The number of carbonyl (C=O) groups is 2. The van der Waals surface area contributed by atoms with Crippen molar-refractivity contribution in [3.63, 3.8) is 0 Å². The lowest BCUT2D eigenvalue weighted by molar-refractivity contribution is -0.139. The van der Waals surface area contributed by atoms with E-state index in [9.17, 15) is 9.59 Å². The third kappa shape index (κ3) is 3.45. The maximum Gasteiger partial charge on any atom is 0.317 e. The highest BCUT2D eigenvalue weighted by Crippen LogP contribution is 2.31. The summed E-state index contributed by atoms with van der Waals surface area (Å²) in [5, 5.41) is 12.0. The Bertz CT molecular complexity index is 466. The zero-order valence-corrected chi connectivity index (χ0v) is 14.1. The number of rotatable bonds is 5. The number of nitrogens with one attached hydrogen (secondary N) is 1. The number of aliphatic carboxylic acids is 1. The van der Waals surface area contributed by atoms with E-state index in [1.54, 1.807) is 0 Å². The molecule has 2 N–H and O–H groups in total. The summed E-state index contributed by atoms with van der Waals surface area (Å²) in [6.45, 7) is 5.66. The minimum atomic E-state index is -0.785. The van der Waals surface area contributed by atoms with Gasteiger partial charge < -0.3 is 20.2 Å². The Hall–Kier alpha value is -1.34. The van der Waals surface area contributed by atoms with E-state index in [4.69, 9.17) is 5.11 Å². The molecule has 2 aliphatic heterocycles. The van der Waals surface area contributed by atoms with Crippen LogP contribution in [0.5, 0.6) is 0 Å². The van der Waals surface area contributed by atoms with E-state index in [-0.39, 0.29) is 24.7 Å². The Morgan fingerprint density at radius 2 is 2.04 bits per heavy atom. The Balaban J connectivity index is 1.42. The average Bonchev–Trinajstić information content (AvgIpc) is 3.02. The number of carbonyl (C=O) groups excluding carboxylic acids is 1. The van der Waals surface area contributed by atoms with Crippen molar-refractivity contribution in [3.8, 4) is 0 Å². The highest BCUT2D eigenvalue weighted by Gasteiger charge is 2.42. The van der Waals surface area contributed by atoms with Gasteiger partial charge in [0, 0.05) is 31.2 Å². The molecule has 2 amide bonds. The van der Waals surface area contributed by atoms with Crippen LogP contribution in [0.1, 0.15) is 26.2 Å². The quantitative estimate of drug-likeness (QED) is 0.759. The lowest BCUT2D eigenvalue weighted by atomic mass is 9.85. The number of nitrogens with zero attached hydrogens (tertiary/aromatic N) is 3. The van der Waals surface area contributed by atoms with Gasteiger partial charge in [0.1, 0.15) is 0 Å². The molecular weight excluding hydrogens is 296 g/mol. The topological polar surface area (TPSA) is 76.1 Å². The molecule has 0 radical (unpaired) electrons. The molecule has 2 atom stereocenters. The van der Waals surface area contributed by atoms with Crippen molar-refractivity contribution in [2.75, 3.05) is 39.8 Å². The van der Waals surface area contributed by atoms with Gasteiger partial charge in [-0.15, -0.1) is 0 Å². The van der Waals surface area contributed by atoms with Gasteiger partial charge in [-0.05, 0) is 45.3 Å². The number of carboxylic acid groups (broad SMARTS) is 1. The number of carboxylic acids is 1. The van der Waals surface area contributed by atoms with Crippen LogP contribution in [0.4, 0.5) is 4.79 Å². The summed E-state index contributed by atoms with van der Waals surface area (Å²) in [4.78, 5) is 29.5. The summed E-state index contributed by atoms with van der Waals surface area (Å²) in [6, 6.07) is 1.05. The Morgan fingerprint density at radius 1 is 1.30 bits per heavy atom. The van der Waals surface area contributed by atoms with Crippen LogP contribution < -0.4 is 5.32 Å². The predicted octanol–water partition coefficient (Wildman–Crippen LogP) is 0.269. The predicted molar refractivity (Wildman–Crippen MR) is 86.3 cm³/mol. The van der Waals surface area contributed by atoms with Crippen LogP contribution in [0.15, 0.2) is 0 Å². The van der Waals surface area contributed by atoms with Crippen LogP contribution >= 0.6 is 0 Å². The SMILES string of the molecule is CCN(CC(=O)O)C1CC(NC(=O)N2C[C@@H]3CCN(C)[C@@H]3C2)C1. The van der Waals surface area contributed by atoms with E-state index in [1.165, 1.54) is 6.42 Å². The summed E-state index contributed by atoms with van der Waals surface area (Å²) in [7, 11) is 2.14. The van der Waals surface area contributed by atoms with Gasteiger partial charge in [0.25, 0.3) is 0 Å². The van der Waals surface area contributed by atoms with Crippen LogP contribution in [0.25, 0.3) is 0 Å². The maximum atomic E-state index is 12.4. The highest BCUT2D eigenvalue weighted by molar-refractivity contribution is 5.75. The molecule has 0 aromatic rings. The fourth-order valence-corrected chi connectivity index (χ4v) is 4.28. The van der Waals surface area contributed by atoms with Gasteiger partial charge in [-0.1, -0.05) is 6.92 Å². The largest absolute Gasteiger partial charge is 0.480 e. The van der Waals surface area contributed by atoms with Crippen molar-refractivity contribution in [3.05, 3.63) is 0 Å². The highest BCUT2D eigenvalue weighted by atomic mass is 16.4. The number of urea groups is 1. The Kier molecular flexibility index (Phi) is 4.77. The smallest absolute Gasteiger partial charge is 0.317 e. The Morgan fingerprint density at radius 3 is 2.65 bits per heavy atom. The van der Waals surface area contributed by atoms with Crippen molar-refractivity contribution >= 4 is 12.0 Å². The molecule has 7 nitrogen and oxygen atoms in total. The first-order valence-electron chi connectivity index (χ1n) is 8.69. The van der Waals surface area contributed by atoms with Crippen LogP contribution in [-0.2, 0) is 4.79 Å². The first kappa shape index (κ1) is 16.5. The van der Waals surface area contributed by atoms with Crippen LogP contribution in [0, 0.1) is 5.92 Å². The van der Waals surface area contributed by atoms with Gasteiger partial charge in [-0.3, -0.25) is 9.69 Å². The number of likely N-dealkylation sites (tertiary alicyclic amines) is 2. The first-order valence-corrected chi connectivity index (χ1v) is 8.69. The summed E-state index contributed by atoms with van der Waals surface area (Å²) < 4.78 is 0. The first-order chi connectivity index (χ1) is 11.0. The Labute approximate surface area is 137 Å².